The Kier molecular flexibility index (Phi) is 3.99. The molecule has 1 saturated heterocycles. The Balaban J connectivity index is 1.79. The van der Waals surface area contributed by atoms with Crippen LogP contribution < -0.4 is 4.74 Å². The minimum Gasteiger partial charge on any atom is -0.493 e. The third-order valence-corrected chi connectivity index (χ3v) is 4.44. The average Bonchev–Trinajstić information content (AvgIpc) is 2.98. The zero-order valence-corrected chi connectivity index (χ0v) is 12.6. The molecular formula is C16H20ClNO2. The van der Waals surface area contributed by atoms with Crippen molar-refractivity contribution in [2.24, 2.45) is 0 Å². The highest BCUT2D eigenvalue weighted by molar-refractivity contribution is 6.30. The number of halogens is 1. The summed E-state index contributed by atoms with van der Waals surface area (Å²) in [5, 5.41) is 0.784. The lowest BCUT2D eigenvalue weighted by molar-refractivity contribution is -0.118. The Morgan fingerprint density at radius 1 is 1.50 bits per heavy atom. The number of fused-ring (bicyclic) bond motifs is 1. The number of ketones is 1. The van der Waals surface area contributed by atoms with E-state index in [-0.39, 0.29) is 5.78 Å². The maximum absolute atomic E-state index is 11.4. The van der Waals surface area contributed by atoms with Crippen LogP contribution in [0.4, 0.5) is 0 Å². The molecule has 0 saturated carbocycles. The number of likely N-dealkylation sites (tertiary alicyclic amines) is 1. The van der Waals surface area contributed by atoms with Gasteiger partial charge in [0, 0.05) is 36.0 Å². The Morgan fingerprint density at radius 2 is 2.35 bits per heavy atom. The van der Waals surface area contributed by atoms with Gasteiger partial charge in [0.25, 0.3) is 0 Å². The second-order valence-electron chi connectivity index (χ2n) is 5.82. The Labute approximate surface area is 124 Å². The van der Waals surface area contributed by atoms with Gasteiger partial charge in [-0.3, -0.25) is 9.69 Å². The molecule has 3 nitrogen and oxygen atoms in total. The van der Waals surface area contributed by atoms with E-state index in [0.717, 1.165) is 43.3 Å². The van der Waals surface area contributed by atoms with Crippen molar-refractivity contribution < 1.29 is 9.53 Å². The summed E-state index contributed by atoms with van der Waals surface area (Å²) < 4.78 is 5.76. The van der Waals surface area contributed by atoms with Crippen LogP contribution in [-0.4, -0.2) is 29.9 Å². The topological polar surface area (TPSA) is 29.5 Å². The van der Waals surface area contributed by atoms with E-state index in [4.69, 9.17) is 16.3 Å². The van der Waals surface area contributed by atoms with Crippen molar-refractivity contribution >= 4 is 17.4 Å². The van der Waals surface area contributed by atoms with E-state index in [1.807, 2.05) is 12.1 Å². The summed E-state index contributed by atoms with van der Waals surface area (Å²) in [4.78, 5) is 13.8. The number of benzene rings is 1. The molecule has 0 radical (unpaired) electrons. The van der Waals surface area contributed by atoms with E-state index in [2.05, 4.69) is 4.90 Å². The van der Waals surface area contributed by atoms with Crippen molar-refractivity contribution in [2.75, 3.05) is 13.2 Å². The zero-order chi connectivity index (χ0) is 14.1. The third-order valence-electron chi connectivity index (χ3n) is 4.22. The lowest BCUT2D eigenvalue weighted by Crippen LogP contribution is -2.30. The molecule has 0 bridgehead atoms. The molecule has 2 aliphatic rings. The first kappa shape index (κ1) is 13.9. The minimum absolute atomic E-state index is 0.273. The summed E-state index contributed by atoms with van der Waals surface area (Å²) in [6, 6.07) is 4.39. The first-order valence-electron chi connectivity index (χ1n) is 7.31. The van der Waals surface area contributed by atoms with E-state index in [1.54, 1.807) is 6.92 Å². The van der Waals surface area contributed by atoms with Crippen LogP contribution in [0, 0.1) is 0 Å². The number of hydrogen-bond donors (Lipinski definition) is 0. The summed E-state index contributed by atoms with van der Waals surface area (Å²) in [7, 11) is 0. The Bertz CT molecular complexity index is 529. The van der Waals surface area contributed by atoms with Gasteiger partial charge in [0.05, 0.1) is 6.61 Å². The van der Waals surface area contributed by atoms with Gasteiger partial charge in [-0.25, -0.2) is 0 Å². The van der Waals surface area contributed by atoms with Crippen LogP contribution in [0.1, 0.15) is 37.3 Å². The van der Waals surface area contributed by atoms with Gasteiger partial charge in [-0.2, -0.15) is 0 Å². The van der Waals surface area contributed by atoms with Gasteiger partial charge in [0.1, 0.15) is 11.5 Å². The highest BCUT2D eigenvalue weighted by Crippen LogP contribution is 2.35. The van der Waals surface area contributed by atoms with E-state index >= 15 is 0 Å². The molecule has 20 heavy (non-hydrogen) atoms. The summed E-state index contributed by atoms with van der Waals surface area (Å²) in [5.41, 5.74) is 2.38. The largest absolute Gasteiger partial charge is 0.493 e. The number of Topliss-reactive ketones (excluding diaryl/α,β-unsaturated/α-hetero) is 1. The van der Waals surface area contributed by atoms with Crippen LogP contribution in [0.15, 0.2) is 12.1 Å². The van der Waals surface area contributed by atoms with E-state index in [1.165, 1.54) is 17.5 Å². The van der Waals surface area contributed by atoms with Crippen LogP contribution in [0.5, 0.6) is 5.75 Å². The highest BCUT2D eigenvalue weighted by atomic mass is 35.5. The summed E-state index contributed by atoms with van der Waals surface area (Å²) in [6.07, 6.45) is 3.88. The first-order chi connectivity index (χ1) is 9.63. The van der Waals surface area contributed by atoms with E-state index < -0.39 is 0 Å². The van der Waals surface area contributed by atoms with Gasteiger partial charge in [-0.1, -0.05) is 11.6 Å². The summed E-state index contributed by atoms with van der Waals surface area (Å²) >= 11 is 6.21. The minimum atomic E-state index is 0.273. The van der Waals surface area contributed by atoms with Crippen molar-refractivity contribution in [1.82, 2.24) is 4.90 Å². The molecule has 4 heteroatoms. The maximum Gasteiger partial charge on any atom is 0.131 e. The molecule has 0 spiro atoms. The normalized spacial score (nSPS) is 21.8. The van der Waals surface area contributed by atoms with Crippen LogP contribution in [-0.2, 0) is 17.8 Å². The van der Waals surface area contributed by atoms with Crippen LogP contribution in [0.2, 0.25) is 5.02 Å². The van der Waals surface area contributed by atoms with Gasteiger partial charge in [0.2, 0.25) is 0 Å². The molecule has 2 aliphatic heterocycles. The molecule has 108 valence electrons. The van der Waals surface area contributed by atoms with E-state index in [0.29, 0.717) is 12.5 Å². The monoisotopic (exact) mass is 293 g/mol. The van der Waals surface area contributed by atoms with Gasteiger partial charge in [-0.05, 0) is 44.0 Å². The van der Waals surface area contributed by atoms with Crippen molar-refractivity contribution in [2.45, 2.75) is 45.2 Å². The van der Waals surface area contributed by atoms with Crippen molar-refractivity contribution in [3.63, 3.8) is 0 Å². The quantitative estimate of drug-likeness (QED) is 0.854. The number of carbonyl (C=O) groups excluding carboxylic acids is 1. The van der Waals surface area contributed by atoms with Gasteiger partial charge >= 0.3 is 0 Å². The molecule has 0 aliphatic carbocycles. The summed E-state index contributed by atoms with van der Waals surface area (Å²) in [6.45, 7) is 4.32. The average molecular weight is 294 g/mol. The fourth-order valence-electron chi connectivity index (χ4n) is 3.35. The predicted octanol–water partition coefficient (Wildman–Crippen LogP) is 3.22. The second-order valence-corrected chi connectivity index (χ2v) is 6.26. The van der Waals surface area contributed by atoms with Crippen molar-refractivity contribution in [3.05, 3.63) is 28.3 Å². The number of rotatable bonds is 4. The number of ether oxygens (including phenoxy) is 1. The highest BCUT2D eigenvalue weighted by Gasteiger charge is 2.27. The molecule has 1 fully saturated rings. The molecular weight excluding hydrogens is 274 g/mol. The van der Waals surface area contributed by atoms with Crippen LogP contribution >= 0.6 is 11.6 Å². The number of nitrogens with zero attached hydrogens (tertiary/aromatic N) is 1. The van der Waals surface area contributed by atoms with Gasteiger partial charge in [-0.15, -0.1) is 0 Å². The molecule has 0 aromatic heterocycles. The third kappa shape index (κ3) is 2.84. The van der Waals surface area contributed by atoms with Crippen LogP contribution in [0.3, 0.4) is 0 Å². The van der Waals surface area contributed by atoms with Crippen LogP contribution in [0.25, 0.3) is 0 Å². The lowest BCUT2D eigenvalue weighted by atomic mass is 10.1. The van der Waals surface area contributed by atoms with Gasteiger partial charge < -0.3 is 4.74 Å². The number of carbonyl (C=O) groups is 1. The van der Waals surface area contributed by atoms with Crippen molar-refractivity contribution in [3.8, 4) is 5.75 Å². The molecule has 1 aromatic rings. The van der Waals surface area contributed by atoms with Gasteiger partial charge in [0.15, 0.2) is 0 Å². The predicted molar refractivity (Wildman–Crippen MR) is 79.4 cm³/mol. The molecule has 1 atom stereocenters. The standard InChI is InChI=1S/C16H20ClNO2/c1-11(19)7-15-3-2-5-18(15)10-13-9-14(17)8-12-4-6-20-16(12)13/h8-9,15H,2-7,10H2,1H3. The summed E-state index contributed by atoms with van der Waals surface area (Å²) in [5.74, 6) is 1.29. The SMILES string of the molecule is CC(=O)CC1CCCN1Cc1cc(Cl)cc2c1OCC2. The molecule has 2 heterocycles. The first-order valence-corrected chi connectivity index (χ1v) is 7.69. The van der Waals surface area contributed by atoms with Crippen molar-refractivity contribution in [1.29, 1.82) is 0 Å². The Morgan fingerprint density at radius 3 is 3.15 bits per heavy atom. The fourth-order valence-corrected chi connectivity index (χ4v) is 3.61. The molecule has 3 rings (SSSR count). The molecule has 0 amide bonds. The zero-order valence-electron chi connectivity index (χ0n) is 11.8. The number of hydrogen-bond acceptors (Lipinski definition) is 3. The smallest absolute Gasteiger partial charge is 0.131 e. The van der Waals surface area contributed by atoms with E-state index in [9.17, 15) is 4.79 Å². The Hall–Kier alpha value is -1.06. The lowest BCUT2D eigenvalue weighted by Gasteiger charge is -2.24. The maximum atomic E-state index is 11.4. The molecule has 1 aromatic carbocycles. The molecule has 0 N–H and O–H groups in total. The molecule has 1 unspecified atom stereocenters. The second kappa shape index (κ2) is 5.74. The fraction of sp³-hybridized carbons (Fsp3) is 0.562.